The molecule has 7 heteroatoms. The van der Waals surface area contributed by atoms with Crippen LogP contribution in [0.1, 0.15) is 22.3 Å². The Morgan fingerprint density at radius 1 is 0.938 bits per heavy atom. The number of hydrogen-bond acceptors (Lipinski definition) is 4. The van der Waals surface area contributed by atoms with E-state index in [1.807, 2.05) is 43.3 Å². The van der Waals surface area contributed by atoms with Gasteiger partial charge in [0.15, 0.2) is 0 Å². The minimum absolute atomic E-state index is 0.246. The molecule has 1 aliphatic heterocycles. The van der Waals surface area contributed by atoms with Crippen molar-refractivity contribution in [3.8, 4) is 5.75 Å². The van der Waals surface area contributed by atoms with Gasteiger partial charge in [-0.15, -0.1) is 0 Å². The summed E-state index contributed by atoms with van der Waals surface area (Å²) < 4.78 is 5.78. The molecule has 32 heavy (non-hydrogen) atoms. The Morgan fingerprint density at radius 3 is 2.25 bits per heavy atom. The van der Waals surface area contributed by atoms with E-state index in [4.69, 9.17) is 27.9 Å². The van der Waals surface area contributed by atoms with Crippen LogP contribution in [0.2, 0.25) is 10.0 Å². The second-order valence-corrected chi connectivity index (χ2v) is 9.12. The van der Waals surface area contributed by atoms with Gasteiger partial charge in [-0.05, 0) is 60.2 Å². The fourth-order valence-electron chi connectivity index (χ4n) is 3.15. The second-order valence-electron chi connectivity index (χ2n) is 7.31. The topological polar surface area (TPSA) is 46.6 Å². The van der Waals surface area contributed by atoms with E-state index in [-0.39, 0.29) is 24.3 Å². The molecular weight excluding hydrogens is 465 g/mol. The number of benzene rings is 3. The van der Waals surface area contributed by atoms with E-state index in [2.05, 4.69) is 0 Å². The summed E-state index contributed by atoms with van der Waals surface area (Å²) in [5, 5.41) is 0.837. The van der Waals surface area contributed by atoms with Crippen molar-refractivity contribution in [2.45, 2.75) is 20.1 Å². The van der Waals surface area contributed by atoms with Crippen LogP contribution in [0.5, 0.6) is 5.75 Å². The largest absolute Gasteiger partial charge is 0.489 e. The van der Waals surface area contributed by atoms with Gasteiger partial charge >= 0.3 is 0 Å². The predicted molar refractivity (Wildman–Crippen MR) is 130 cm³/mol. The maximum Gasteiger partial charge on any atom is 0.293 e. The predicted octanol–water partition coefficient (Wildman–Crippen LogP) is 7.12. The van der Waals surface area contributed by atoms with E-state index in [1.165, 1.54) is 4.90 Å². The minimum atomic E-state index is -0.283. The maximum absolute atomic E-state index is 12.7. The van der Waals surface area contributed by atoms with E-state index in [1.54, 1.807) is 36.4 Å². The van der Waals surface area contributed by atoms with Gasteiger partial charge in [0.25, 0.3) is 11.1 Å². The van der Waals surface area contributed by atoms with Crippen LogP contribution in [-0.4, -0.2) is 16.0 Å². The molecule has 162 valence electrons. The molecular formula is C25H19Cl2NO3S. The highest BCUT2D eigenvalue weighted by molar-refractivity contribution is 8.18. The van der Waals surface area contributed by atoms with Crippen molar-refractivity contribution in [3.05, 3.63) is 104 Å². The highest BCUT2D eigenvalue weighted by atomic mass is 35.5. The summed E-state index contributed by atoms with van der Waals surface area (Å²) in [6.45, 7) is 2.50. The fourth-order valence-corrected chi connectivity index (χ4v) is 4.49. The van der Waals surface area contributed by atoms with Gasteiger partial charge in [0, 0.05) is 15.6 Å². The lowest BCUT2D eigenvalue weighted by atomic mass is 10.1. The van der Waals surface area contributed by atoms with E-state index in [0.29, 0.717) is 20.7 Å². The lowest BCUT2D eigenvalue weighted by Crippen LogP contribution is -2.27. The molecule has 0 bridgehead atoms. The molecule has 0 atom stereocenters. The summed E-state index contributed by atoms with van der Waals surface area (Å²) in [6.07, 6.45) is 1.72. The molecule has 3 aromatic carbocycles. The number of nitrogens with zero attached hydrogens (tertiary/aromatic N) is 1. The number of aryl methyl sites for hydroxylation is 1. The number of rotatable bonds is 6. The average Bonchev–Trinajstić information content (AvgIpc) is 3.03. The summed E-state index contributed by atoms with van der Waals surface area (Å²) >= 11 is 13.3. The van der Waals surface area contributed by atoms with Crippen LogP contribution in [0.3, 0.4) is 0 Å². The first-order chi connectivity index (χ1) is 15.4. The van der Waals surface area contributed by atoms with Crippen molar-refractivity contribution in [1.82, 2.24) is 4.90 Å². The monoisotopic (exact) mass is 483 g/mol. The van der Waals surface area contributed by atoms with E-state index < -0.39 is 0 Å². The molecule has 0 aliphatic carbocycles. The summed E-state index contributed by atoms with van der Waals surface area (Å²) in [7, 11) is 0. The minimum Gasteiger partial charge on any atom is -0.489 e. The first kappa shape index (κ1) is 22.5. The zero-order chi connectivity index (χ0) is 22.7. The van der Waals surface area contributed by atoms with Gasteiger partial charge < -0.3 is 4.74 Å². The number of amides is 2. The van der Waals surface area contributed by atoms with E-state index in [0.717, 1.165) is 34.0 Å². The molecule has 0 N–H and O–H groups in total. The Kier molecular flexibility index (Phi) is 6.89. The van der Waals surface area contributed by atoms with Gasteiger partial charge in [-0.2, -0.15) is 0 Å². The third-order valence-corrected chi connectivity index (χ3v) is 6.57. The Labute approximate surface area is 200 Å². The van der Waals surface area contributed by atoms with Gasteiger partial charge in [0.1, 0.15) is 12.4 Å². The molecule has 0 unspecified atom stereocenters. The lowest BCUT2D eigenvalue weighted by Gasteiger charge is -2.12. The smallest absolute Gasteiger partial charge is 0.293 e. The number of thioether (sulfide) groups is 1. The molecule has 4 rings (SSSR count). The SMILES string of the molecule is Cc1ccc(CN2C(=O)S/C(=C\c3ccc(OCc4c(Cl)cccc4Cl)cc3)C2=O)cc1. The summed E-state index contributed by atoms with van der Waals surface area (Å²) in [4.78, 5) is 26.8. The zero-order valence-electron chi connectivity index (χ0n) is 17.2. The van der Waals surface area contributed by atoms with Gasteiger partial charge in [-0.1, -0.05) is 71.2 Å². The summed E-state index contributed by atoms with van der Waals surface area (Å²) in [5.41, 5.74) is 3.57. The van der Waals surface area contributed by atoms with Crippen LogP contribution < -0.4 is 4.74 Å². The van der Waals surface area contributed by atoms with Gasteiger partial charge in [-0.25, -0.2) is 0 Å². The summed E-state index contributed by atoms with van der Waals surface area (Å²) in [6, 6.07) is 20.4. The molecule has 2 amide bonds. The Morgan fingerprint density at radius 2 is 1.59 bits per heavy atom. The number of halogens is 2. The number of carbonyl (C=O) groups is 2. The van der Waals surface area contributed by atoms with Crippen LogP contribution in [0.25, 0.3) is 6.08 Å². The third-order valence-electron chi connectivity index (χ3n) is 4.96. The molecule has 1 saturated heterocycles. The van der Waals surface area contributed by atoms with Crippen molar-refractivity contribution in [2.75, 3.05) is 0 Å². The second kappa shape index (κ2) is 9.82. The van der Waals surface area contributed by atoms with Crippen molar-refractivity contribution in [3.63, 3.8) is 0 Å². The van der Waals surface area contributed by atoms with Crippen LogP contribution in [0.4, 0.5) is 4.79 Å². The van der Waals surface area contributed by atoms with E-state index >= 15 is 0 Å². The summed E-state index contributed by atoms with van der Waals surface area (Å²) in [5.74, 6) is 0.361. The number of carbonyl (C=O) groups excluding carboxylic acids is 2. The highest BCUT2D eigenvalue weighted by Gasteiger charge is 2.34. The highest BCUT2D eigenvalue weighted by Crippen LogP contribution is 2.33. The standard InChI is InChI=1S/C25H19Cl2NO3S/c1-16-5-7-18(8-6-16)14-28-24(29)23(32-25(28)30)13-17-9-11-19(12-10-17)31-15-20-21(26)3-2-4-22(20)27/h2-13H,14-15H2,1H3/b23-13-. The number of ether oxygens (including phenoxy) is 1. The number of imide groups is 1. The van der Waals surface area contributed by atoms with Crippen LogP contribution in [-0.2, 0) is 17.9 Å². The maximum atomic E-state index is 12.7. The van der Waals surface area contributed by atoms with Crippen LogP contribution in [0, 0.1) is 6.92 Å². The lowest BCUT2D eigenvalue weighted by molar-refractivity contribution is -0.123. The van der Waals surface area contributed by atoms with Crippen LogP contribution in [0.15, 0.2) is 71.6 Å². The molecule has 0 aromatic heterocycles. The Bertz CT molecular complexity index is 1170. The van der Waals surface area contributed by atoms with Gasteiger partial charge in [-0.3, -0.25) is 14.5 Å². The first-order valence-corrected chi connectivity index (χ1v) is 11.4. The van der Waals surface area contributed by atoms with E-state index in [9.17, 15) is 9.59 Å². The van der Waals surface area contributed by atoms with Crippen molar-refractivity contribution >= 4 is 52.2 Å². The third kappa shape index (κ3) is 5.18. The Balaban J connectivity index is 1.42. The Hall–Kier alpha value is -2.73. The normalized spacial score (nSPS) is 15.0. The zero-order valence-corrected chi connectivity index (χ0v) is 19.5. The van der Waals surface area contributed by atoms with Gasteiger partial charge in [0.2, 0.25) is 0 Å². The van der Waals surface area contributed by atoms with Crippen LogP contribution >= 0.6 is 35.0 Å². The molecule has 0 saturated carbocycles. The van der Waals surface area contributed by atoms with Crippen molar-refractivity contribution in [2.24, 2.45) is 0 Å². The van der Waals surface area contributed by atoms with Gasteiger partial charge in [0.05, 0.1) is 11.4 Å². The average molecular weight is 484 g/mol. The fraction of sp³-hybridized carbons (Fsp3) is 0.120. The molecule has 0 radical (unpaired) electrons. The molecule has 0 spiro atoms. The molecule has 1 heterocycles. The molecule has 1 fully saturated rings. The molecule has 1 aliphatic rings. The van der Waals surface area contributed by atoms with Crippen molar-refractivity contribution in [1.29, 1.82) is 0 Å². The molecule has 4 nitrogen and oxygen atoms in total. The quantitative estimate of drug-likeness (QED) is 0.350. The van der Waals surface area contributed by atoms with Crippen molar-refractivity contribution < 1.29 is 14.3 Å². The molecule has 3 aromatic rings. The number of hydrogen-bond donors (Lipinski definition) is 0. The first-order valence-electron chi connectivity index (χ1n) is 9.87.